The summed E-state index contributed by atoms with van der Waals surface area (Å²) >= 11 is 1.63. The summed E-state index contributed by atoms with van der Waals surface area (Å²) in [5, 5.41) is 11.3. The molecule has 28 heavy (non-hydrogen) atoms. The summed E-state index contributed by atoms with van der Waals surface area (Å²) in [6.45, 7) is 3.89. The minimum atomic E-state index is -0.0130. The molecule has 4 aromatic rings. The second-order valence-corrected chi connectivity index (χ2v) is 6.84. The van der Waals surface area contributed by atoms with E-state index >= 15 is 0 Å². The normalized spacial score (nSPS) is 11.5. The molecule has 0 spiro atoms. The molecule has 0 saturated heterocycles. The van der Waals surface area contributed by atoms with Crippen LogP contribution in [0.3, 0.4) is 0 Å². The summed E-state index contributed by atoms with van der Waals surface area (Å²) in [5.74, 6) is 0.502. The minimum absolute atomic E-state index is 0.0130. The van der Waals surface area contributed by atoms with Crippen LogP contribution in [0.1, 0.15) is 11.5 Å². The number of fused-ring (bicyclic) bond motifs is 1. The van der Waals surface area contributed by atoms with Crippen LogP contribution in [0.5, 0.6) is 0 Å². The van der Waals surface area contributed by atoms with Gasteiger partial charge in [0.15, 0.2) is 5.70 Å². The van der Waals surface area contributed by atoms with Crippen LogP contribution in [0.4, 0.5) is 0 Å². The van der Waals surface area contributed by atoms with Crippen molar-refractivity contribution in [3.63, 3.8) is 0 Å². The topological polar surface area (TPSA) is 103 Å². The van der Waals surface area contributed by atoms with E-state index in [1.807, 2.05) is 53.9 Å². The number of thiophene rings is 1. The third kappa shape index (κ3) is 3.30. The van der Waals surface area contributed by atoms with E-state index in [-0.39, 0.29) is 17.4 Å². The van der Waals surface area contributed by atoms with Crippen LogP contribution in [0.25, 0.3) is 27.2 Å². The number of aliphatic imine (C=N–C) groups is 1. The van der Waals surface area contributed by atoms with Crippen molar-refractivity contribution in [2.45, 2.75) is 0 Å². The van der Waals surface area contributed by atoms with Gasteiger partial charge >= 0.3 is 0 Å². The number of nitrogens with zero attached hydrogens (tertiary/aromatic N) is 3. The lowest BCUT2D eigenvalue weighted by Gasteiger charge is -2.06. The Morgan fingerprint density at radius 2 is 1.86 bits per heavy atom. The van der Waals surface area contributed by atoms with Crippen molar-refractivity contribution >= 4 is 32.8 Å². The number of rotatable bonds is 5. The fourth-order valence-electron chi connectivity index (χ4n) is 2.78. The van der Waals surface area contributed by atoms with Crippen LogP contribution >= 0.6 is 11.3 Å². The Hall–Kier alpha value is -3.71. The van der Waals surface area contributed by atoms with Crippen LogP contribution < -0.4 is 11.5 Å². The molecule has 7 heteroatoms. The third-order valence-corrected chi connectivity index (χ3v) is 5.07. The first-order valence-corrected chi connectivity index (χ1v) is 9.37. The maximum atomic E-state index is 5.88. The van der Waals surface area contributed by atoms with Crippen LogP contribution in [0, 0.1) is 0 Å². The molecule has 0 atom stereocenters. The number of hydrogen-bond acceptors (Lipinski definition) is 7. The molecule has 4 N–H and O–H groups in total. The second-order valence-electron chi connectivity index (χ2n) is 5.93. The van der Waals surface area contributed by atoms with Crippen molar-refractivity contribution in [1.82, 2.24) is 10.2 Å². The highest BCUT2D eigenvalue weighted by molar-refractivity contribution is 7.17. The molecule has 138 valence electrons. The SMILES string of the molecule is C=C/C(=N\C(=C(N)N)c1nnc(-c2ccccc2)o1)c1cccc2ccsc12. The molecule has 4 rings (SSSR count). The Morgan fingerprint density at radius 1 is 1.04 bits per heavy atom. The first kappa shape index (κ1) is 17.7. The van der Waals surface area contributed by atoms with Crippen molar-refractivity contribution in [3.05, 3.63) is 89.9 Å². The Balaban J connectivity index is 1.79. The Kier molecular flexibility index (Phi) is 4.74. The van der Waals surface area contributed by atoms with Crippen LogP contribution in [0.15, 0.2) is 87.9 Å². The van der Waals surface area contributed by atoms with Gasteiger partial charge in [0.1, 0.15) is 5.82 Å². The molecule has 0 bridgehead atoms. The molecule has 0 fully saturated rings. The lowest BCUT2D eigenvalue weighted by atomic mass is 10.1. The van der Waals surface area contributed by atoms with Gasteiger partial charge in [0, 0.05) is 15.8 Å². The van der Waals surface area contributed by atoms with E-state index in [0.29, 0.717) is 11.6 Å². The molecule has 0 unspecified atom stereocenters. The van der Waals surface area contributed by atoms with E-state index < -0.39 is 0 Å². The smallest absolute Gasteiger partial charge is 0.270 e. The molecule has 0 radical (unpaired) electrons. The Morgan fingerprint density at radius 3 is 2.61 bits per heavy atom. The van der Waals surface area contributed by atoms with Crippen molar-refractivity contribution in [2.75, 3.05) is 0 Å². The maximum Gasteiger partial charge on any atom is 0.270 e. The predicted octanol–water partition coefficient (Wildman–Crippen LogP) is 4.17. The predicted molar refractivity (Wildman–Crippen MR) is 114 cm³/mol. The molecule has 2 aromatic heterocycles. The lowest BCUT2D eigenvalue weighted by Crippen LogP contribution is -2.12. The number of aromatic nitrogens is 2. The van der Waals surface area contributed by atoms with Gasteiger partial charge in [-0.05, 0) is 35.0 Å². The Bertz CT molecular complexity index is 1200. The van der Waals surface area contributed by atoms with Gasteiger partial charge in [-0.1, -0.05) is 43.0 Å². The van der Waals surface area contributed by atoms with E-state index in [0.717, 1.165) is 21.2 Å². The van der Waals surface area contributed by atoms with Crippen molar-refractivity contribution < 1.29 is 4.42 Å². The summed E-state index contributed by atoms with van der Waals surface area (Å²) in [6, 6.07) is 17.5. The van der Waals surface area contributed by atoms with E-state index in [1.165, 1.54) is 0 Å². The lowest BCUT2D eigenvalue weighted by molar-refractivity contribution is 0.551. The summed E-state index contributed by atoms with van der Waals surface area (Å²) in [6.07, 6.45) is 1.66. The van der Waals surface area contributed by atoms with Gasteiger partial charge < -0.3 is 15.9 Å². The zero-order valence-electron chi connectivity index (χ0n) is 14.9. The second kappa shape index (κ2) is 7.50. The fraction of sp³-hybridized carbons (Fsp3) is 0. The van der Waals surface area contributed by atoms with Gasteiger partial charge in [-0.15, -0.1) is 21.5 Å². The van der Waals surface area contributed by atoms with E-state index in [1.54, 1.807) is 17.4 Å². The highest BCUT2D eigenvalue weighted by Gasteiger charge is 2.16. The van der Waals surface area contributed by atoms with Gasteiger partial charge in [0.25, 0.3) is 5.89 Å². The molecular weight excluding hydrogens is 370 g/mol. The van der Waals surface area contributed by atoms with Crippen molar-refractivity contribution in [1.29, 1.82) is 0 Å². The number of allylic oxidation sites excluding steroid dienone is 1. The summed E-state index contributed by atoms with van der Waals surface area (Å²) in [4.78, 5) is 4.61. The van der Waals surface area contributed by atoms with Crippen LogP contribution in [-0.4, -0.2) is 15.9 Å². The standard InChI is InChI=1S/C21H17N5OS/c1-2-16(15-10-6-9-13-11-12-28-18(13)15)24-17(19(22)23)21-26-25-20(27-21)14-7-4-3-5-8-14/h2-12H,1,22-23H2/b24-16+. The highest BCUT2D eigenvalue weighted by Crippen LogP contribution is 2.27. The van der Waals surface area contributed by atoms with Crippen LogP contribution in [-0.2, 0) is 0 Å². The summed E-state index contributed by atoms with van der Waals surface area (Å²) in [7, 11) is 0. The largest absolute Gasteiger partial charge is 0.414 e. The molecule has 0 amide bonds. The molecule has 0 saturated carbocycles. The quantitative estimate of drug-likeness (QED) is 0.500. The van der Waals surface area contributed by atoms with Crippen molar-refractivity contribution in [2.24, 2.45) is 16.5 Å². The highest BCUT2D eigenvalue weighted by atomic mass is 32.1. The maximum absolute atomic E-state index is 5.88. The van der Waals surface area contributed by atoms with Gasteiger partial charge in [-0.3, -0.25) is 0 Å². The monoisotopic (exact) mass is 387 g/mol. The number of nitrogens with two attached hydrogens (primary N) is 2. The van der Waals surface area contributed by atoms with Crippen LogP contribution in [0.2, 0.25) is 0 Å². The average Bonchev–Trinajstić information content (AvgIpc) is 3.39. The first-order chi connectivity index (χ1) is 13.7. The Labute approximate surface area is 165 Å². The third-order valence-electron chi connectivity index (χ3n) is 4.10. The van der Waals surface area contributed by atoms with Gasteiger partial charge in [-0.25, -0.2) is 4.99 Å². The summed E-state index contributed by atoms with van der Waals surface area (Å²) in [5.41, 5.74) is 14.3. The van der Waals surface area contributed by atoms with Gasteiger partial charge in [0.05, 0.1) is 5.71 Å². The zero-order chi connectivity index (χ0) is 19.5. The van der Waals surface area contributed by atoms with Crippen molar-refractivity contribution in [3.8, 4) is 11.5 Å². The summed E-state index contributed by atoms with van der Waals surface area (Å²) < 4.78 is 6.87. The molecule has 0 aliphatic heterocycles. The minimum Gasteiger partial charge on any atom is -0.414 e. The first-order valence-electron chi connectivity index (χ1n) is 8.49. The van der Waals surface area contributed by atoms with Gasteiger partial charge in [0.2, 0.25) is 5.89 Å². The number of hydrogen-bond donors (Lipinski definition) is 2. The fourth-order valence-corrected chi connectivity index (χ4v) is 3.71. The molecular formula is C21H17N5OS. The molecule has 0 aliphatic rings. The van der Waals surface area contributed by atoms with E-state index in [4.69, 9.17) is 15.9 Å². The molecule has 2 aromatic carbocycles. The molecule has 0 aliphatic carbocycles. The van der Waals surface area contributed by atoms with Gasteiger partial charge in [-0.2, -0.15) is 0 Å². The zero-order valence-corrected chi connectivity index (χ0v) is 15.7. The molecule has 2 heterocycles. The van der Waals surface area contributed by atoms with E-state index in [2.05, 4.69) is 27.8 Å². The van der Waals surface area contributed by atoms with E-state index in [9.17, 15) is 0 Å². The molecule has 6 nitrogen and oxygen atoms in total. The number of benzene rings is 2. The average molecular weight is 387 g/mol.